The first-order chi connectivity index (χ1) is 7.14. The molecule has 80 valence electrons. The summed E-state index contributed by atoms with van der Waals surface area (Å²) in [5, 5.41) is 5.91. The van der Waals surface area contributed by atoms with Crippen LogP contribution in [0.5, 0.6) is 0 Å². The van der Waals surface area contributed by atoms with Crippen LogP contribution in [0.15, 0.2) is 18.3 Å². The van der Waals surface area contributed by atoms with Crippen LogP contribution < -0.4 is 10.6 Å². The van der Waals surface area contributed by atoms with Gasteiger partial charge in [0.05, 0.1) is 5.56 Å². The summed E-state index contributed by atoms with van der Waals surface area (Å²) in [6.07, 6.45) is 3.79. The third-order valence-corrected chi connectivity index (χ3v) is 2.70. The highest BCUT2D eigenvalue weighted by Gasteiger charge is 2.39. The highest BCUT2D eigenvalue weighted by molar-refractivity contribution is 5.99. The predicted octanol–water partition coefficient (Wildman–Crippen LogP) is 1.41. The highest BCUT2D eigenvalue weighted by Crippen LogP contribution is 2.34. The van der Waals surface area contributed by atoms with Gasteiger partial charge in [-0.1, -0.05) is 0 Å². The average molecular weight is 205 g/mol. The number of amides is 1. The van der Waals surface area contributed by atoms with Gasteiger partial charge in [0.15, 0.2) is 0 Å². The number of pyridine rings is 1. The lowest BCUT2D eigenvalue weighted by molar-refractivity contribution is 0.0936. The number of nitrogens with one attached hydrogen (secondary N) is 2. The quantitative estimate of drug-likeness (QED) is 0.784. The molecule has 1 aromatic heterocycles. The number of aromatic nitrogens is 1. The molecule has 1 aromatic rings. The number of nitrogens with zero attached hydrogens (tertiary/aromatic N) is 1. The summed E-state index contributed by atoms with van der Waals surface area (Å²) in [5.41, 5.74) is 0.617. The van der Waals surface area contributed by atoms with Crippen LogP contribution in [0.4, 0.5) is 5.82 Å². The Morgan fingerprint density at radius 3 is 2.87 bits per heavy atom. The minimum absolute atomic E-state index is 0.0118. The number of carbonyl (C=O) groups is 1. The lowest BCUT2D eigenvalue weighted by Crippen LogP contribution is -2.34. The van der Waals surface area contributed by atoms with Gasteiger partial charge in [-0.3, -0.25) is 4.79 Å². The largest absolute Gasteiger partial charge is 0.372 e. The molecule has 0 aromatic carbocycles. The monoisotopic (exact) mass is 205 g/mol. The minimum Gasteiger partial charge on any atom is -0.372 e. The second-order valence-electron chi connectivity index (χ2n) is 4.16. The van der Waals surface area contributed by atoms with Crippen LogP contribution in [0.2, 0.25) is 0 Å². The van der Waals surface area contributed by atoms with Crippen LogP contribution in [0.1, 0.15) is 30.1 Å². The van der Waals surface area contributed by atoms with Gasteiger partial charge in [-0.15, -0.1) is 0 Å². The van der Waals surface area contributed by atoms with E-state index >= 15 is 0 Å². The maximum absolute atomic E-state index is 11.9. The molecule has 1 saturated carbocycles. The molecule has 0 radical (unpaired) electrons. The first-order valence-electron chi connectivity index (χ1n) is 5.10. The van der Waals surface area contributed by atoms with E-state index in [1.165, 1.54) is 0 Å². The number of anilines is 1. The van der Waals surface area contributed by atoms with Crippen molar-refractivity contribution in [3.8, 4) is 0 Å². The van der Waals surface area contributed by atoms with Crippen molar-refractivity contribution in [3.63, 3.8) is 0 Å². The number of hydrogen-bond donors (Lipinski definition) is 2. The van der Waals surface area contributed by atoms with E-state index in [2.05, 4.69) is 22.5 Å². The van der Waals surface area contributed by atoms with E-state index in [-0.39, 0.29) is 11.4 Å². The zero-order valence-electron chi connectivity index (χ0n) is 9.00. The third-order valence-electron chi connectivity index (χ3n) is 2.70. The fourth-order valence-corrected chi connectivity index (χ4v) is 1.44. The Labute approximate surface area is 89.1 Å². The molecule has 4 heteroatoms. The molecule has 4 nitrogen and oxygen atoms in total. The molecular formula is C11H15N3O. The van der Waals surface area contributed by atoms with Crippen LogP contribution in [-0.2, 0) is 0 Å². The summed E-state index contributed by atoms with van der Waals surface area (Å²) in [6, 6.07) is 3.55. The van der Waals surface area contributed by atoms with Gasteiger partial charge in [0.25, 0.3) is 5.91 Å². The van der Waals surface area contributed by atoms with Crippen molar-refractivity contribution < 1.29 is 4.79 Å². The molecule has 2 N–H and O–H groups in total. The summed E-state index contributed by atoms with van der Waals surface area (Å²) in [6.45, 7) is 2.06. The van der Waals surface area contributed by atoms with Crippen molar-refractivity contribution in [2.45, 2.75) is 25.3 Å². The number of hydrogen-bond acceptors (Lipinski definition) is 3. The van der Waals surface area contributed by atoms with Gasteiger partial charge < -0.3 is 10.6 Å². The van der Waals surface area contributed by atoms with Gasteiger partial charge >= 0.3 is 0 Å². The maximum atomic E-state index is 11.9. The van der Waals surface area contributed by atoms with Crippen LogP contribution in [0, 0.1) is 0 Å². The van der Waals surface area contributed by atoms with Crippen molar-refractivity contribution in [2.75, 3.05) is 12.4 Å². The van der Waals surface area contributed by atoms with E-state index in [4.69, 9.17) is 0 Å². The molecule has 0 unspecified atom stereocenters. The second-order valence-corrected chi connectivity index (χ2v) is 4.16. The van der Waals surface area contributed by atoms with E-state index in [1.807, 2.05) is 0 Å². The predicted molar refractivity (Wildman–Crippen MR) is 58.9 cm³/mol. The van der Waals surface area contributed by atoms with Crippen molar-refractivity contribution in [1.29, 1.82) is 0 Å². The molecule has 0 atom stereocenters. The molecule has 15 heavy (non-hydrogen) atoms. The van der Waals surface area contributed by atoms with Crippen molar-refractivity contribution >= 4 is 11.7 Å². The molecule has 1 aliphatic rings. The molecule has 1 fully saturated rings. The van der Waals surface area contributed by atoms with Gasteiger partial charge in [-0.2, -0.15) is 0 Å². The van der Waals surface area contributed by atoms with Gasteiger partial charge in [-0.25, -0.2) is 4.98 Å². The topological polar surface area (TPSA) is 54.0 Å². The van der Waals surface area contributed by atoms with Crippen LogP contribution in [0.3, 0.4) is 0 Å². The van der Waals surface area contributed by atoms with Gasteiger partial charge in [0.1, 0.15) is 5.82 Å². The van der Waals surface area contributed by atoms with Gasteiger partial charge in [0.2, 0.25) is 0 Å². The number of rotatable bonds is 3. The van der Waals surface area contributed by atoms with Crippen molar-refractivity contribution in [1.82, 2.24) is 10.3 Å². The van der Waals surface area contributed by atoms with Crippen LogP contribution in [0.25, 0.3) is 0 Å². The van der Waals surface area contributed by atoms with Gasteiger partial charge in [0, 0.05) is 18.8 Å². The van der Waals surface area contributed by atoms with Gasteiger partial charge in [-0.05, 0) is 31.9 Å². The van der Waals surface area contributed by atoms with E-state index < -0.39 is 0 Å². The molecular weight excluding hydrogens is 190 g/mol. The summed E-state index contributed by atoms with van der Waals surface area (Å²) < 4.78 is 0. The zero-order valence-corrected chi connectivity index (χ0v) is 9.00. The molecule has 1 heterocycles. The van der Waals surface area contributed by atoms with Crippen molar-refractivity contribution in [3.05, 3.63) is 23.9 Å². The van der Waals surface area contributed by atoms with Crippen LogP contribution >= 0.6 is 0 Å². The Hall–Kier alpha value is -1.58. The summed E-state index contributed by atoms with van der Waals surface area (Å²) >= 11 is 0. The molecule has 0 bridgehead atoms. The van der Waals surface area contributed by atoms with Crippen molar-refractivity contribution in [2.24, 2.45) is 0 Å². The first-order valence-corrected chi connectivity index (χ1v) is 5.10. The highest BCUT2D eigenvalue weighted by atomic mass is 16.1. The number of carbonyl (C=O) groups excluding carboxylic acids is 1. The SMILES string of the molecule is CNc1ncccc1C(=O)NC1(C)CC1. The molecule has 0 saturated heterocycles. The second kappa shape index (κ2) is 3.53. The smallest absolute Gasteiger partial charge is 0.255 e. The Morgan fingerprint density at radius 1 is 1.53 bits per heavy atom. The minimum atomic E-state index is -0.0487. The van der Waals surface area contributed by atoms with E-state index in [9.17, 15) is 4.79 Å². The Bertz CT molecular complexity index is 385. The maximum Gasteiger partial charge on any atom is 0.255 e. The summed E-state index contributed by atoms with van der Waals surface area (Å²) in [5.74, 6) is 0.576. The fourth-order valence-electron chi connectivity index (χ4n) is 1.44. The first kappa shape index (κ1) is 9.96. The summed E-state index contributed by atoms with van der Waals surface area (Å²) in [4.78, 5) is 16.0. The molecule has 2 rings (SSSR count). The van der Waals surface area contributed by atoms with E-state index in [1.54, 1.807) is 25.4 Å². The standard InChI is InChI=1S/C11H15N3O/c1-11(5-6-11)14-10(15)8-4-3-7-13-9(8)12-2/h3-4,7H,5-6H2,1-2H3,(H,12,13)(H,14,15). The fraction of sp³-hybridized carbons (Fsp3) is 0.455. The zero-order chi connectivity index (χ0) is 10.9. The lowest BCUT2D eigenvalue weighted by atomic mass is 10.2. The average Bonchev–Trinajstić information content (AvgIpc) is 2.96. The molecule has 0 spiro atoms. The Morgan fingerprint density at radius 2 is 2.27 bits per heavy atom. The van der Waals surface area contributed by atoms with E-state index in [0.717, 1.165) is 12.8 Å². The Balaban J connectivity index is 2.17. The summed E-state index contributed by atoms with van der Waals surface area (Å²) in [7, 11) is 1.76. The van der Waals surface area contributed by atoms with E-state index in [0.29, 0.717) is 11.4 Å². The van der Waals surface area contributed by atoms with Crippen LogP contribution in [-0.4, -0.2) is 23.5 Å². The molecule has 1 aliphatic carbocycles. The Kier molecular flexibility index (Phi) is 2.34. The third kappa shape index (κ3) is 2.09. The normalized spacial score (nSPS) is 16.9. The molecule has 0 aliphatic heterocycles. The molecule has 1 amide bonds. The lowest BCUT2D eigenvalue weighted by Gasteiger charge is -2.13.